The molecule has 0 aliphatic carbocycles. The van der Waals surface area contributed by atoms with Crippen molar-refractivity contribution in [3.63, 3.8) is 0 Å². The number of carbonyl (C=O) groups excluding carboxylic acids is 1. The Morgan fingerprint density at radius 1 is 1.43 bits per heavy atom. The minimum atomic E-state index is -0.876. The van der Waals surface area contributed by atoms with E-state index in [1.54, 1.807) is 16.7 Å². The number of amides is 1. The minimum absolute atomic E-state index is 0.0292. The maximum Gasteiger partial charge on any atom is 0.251 e. The maximum absolute atomic E-state index is 12.0. The molecule has 0 aromatic heterocycles. The molecule has 1 aliphatic heterocycles. The van der Waals surface area contributed by atoms with Crippen molar-refractivity contribution in [3.8, 4) is 5.75 Å². The van der Waals surface area contributed by atoms with E-state index in [9.17, 15) is 9.90 Å². The van der Waals surface area contributed by atoms with E-state index in [1.807, 2.05) is 38.3 Å². The highest BCUT2D eigenvalue weighted by Gasteiger charge is 2.35. The third-order valence-corrected chi connectivity index (χ3v) is 4.38. The number of aliphatic hydroxyl groups excluding tert-OH is 1. The molecule has 1 amide bonds. The van der Waals surface area contributed by atoms with Gasteiger partial charge < -0.3 is 14.7 Å². The molecule has 1 aromatic rings. The van der Waals surface area contributed by atoms with Gasteiger partial charge in [-0.15, -0.1) is 0 Å². The zero-order valence-corrected chi connectivity index (χ0v) is 13.7. The van der Waals surface area contributed by atoms with Crippen molar-refractivity contribution in [2.75, 3.05) is 25.1 Å². The first-order valence-corrected chi connectivity index (χ1v) is 8.61. The van der Waals surface area contributed by atoms with E-state index < -0.39 is 6.10 Å². The molecule has 5 heteroatoms. The summed E-state index contributed by atoms with van der Waals surface area (Å²) in [7, 11) is 0. The molecule has 116 valence electrons. The van der Waals surface area contributed by atoms with Gasteiger partial charge in [-0.05, 0) is 43.4 Å². The Kier molecular flexibility index (Phi) is 5.53. The number of thioether (sulfide) groups is 1. The lowest BCUT2D eigenvalue weighted by Crippen LogP contribution is -2.58. The molecule has 1 N–H and O–H groups in total. The summed E-state index contributed by atoms with van der Waals surface area (Å²) in [6, 6.07) is 6.06. The Morgan fingerprint density at radius 3 is 2.62 bits per heavy atom. The average Bonchev–Trinajstić information content (AvgIpc) is 2.41. The third kappa shape index (κ3) is 3.92. The van der Waals surface area contributed by atoms with E-state index in [-0.39, 0.29) is 12.0 Å². The van der Waals surface area contributed by atoms with Crippen LogP contribution in [0.4, 0.5) is 0 Å². The lowest BCUT2D eigenvalue weighted by atomic mass is 10.1. The highest BCUT2D eigenvalue weighted by molar-refractivity contribution is 7.98. The van der Waals surface area contributed by atoms with E-state index in [0.717, 1.165) is 22.6 Å². The van der Waals surface area contributed by atoms with Gasteiger partial charge in [-0.25, -0.2) is 0 Å². The summed E-state index contributed by atoms with van der Waals surface area (Å²) in [5, 5.41) is 9.80. The number of nitrogens with zero attached hydrogens (tertiary/aromatic N) is 1. The fourth-order valence-electron chi connectivity index (χ4n) is 2.41. The fourth-order valence-corrected chi connectivity index (χ4v) is 2.87. The largest absolute Gasteiger partial charge is 0.486 e. The molecule has 2 rings (SSSR count). The lowest BCUT2D eigenvalue weighted by molar-refractivity contribution is -0.149. The number of hydrogen-bond acceptors (Lipinski definition) is 4. The summed E-state index contributed by atoms with van der Waals surface area (Å²) in [5.74, 6) is 1.53. The summed E-state index contributed by atoms with van der Waals surface area (Å²) < 4.78 is 5.97. The molecule has 21 heavy (non-hydrogen) atoms. The van der Waals surface area contributed by atoms with Crippen LogP contribution in [0.1, 0.15) is 17.5 Å². The van der Waals surface area contributed by atoms with Gasteiger partial charge in [0.15, 0.2) is 0 Å². The maximum atomic E-state index is 12.0. The summed E-state index contributed by atoms with van der Waals surface area (Å²) in [6.45, 7) is 5.16. The second-order valence-corrected chi connectivity index (χ2v) is 6.49. The number of hydrogen-bond donors (Lipinski definition) is 1. The van der Waals surface area contributed by atoms with Crippen LogP contribution in [0.25, 0.3) is 0 Å². The molecule has 1 saturated heterocycles. The van der Waals surface area contributed by atoms with Crippen molar-refractivity contribution >= 4 is 17.7 Å². The van der Waals surface area contributed by atoms with Gasteiger partial charge in [-0.1, -0.05) is 18.2 Å². The van der Waals surface area contributed by atoms with Crippen molar-refractivity contribution in [1.29, 1.82) is 0 Å². The number of para-hydroxylation sites is 1. The first kappa shape index (κ1) is 16.2. The molecule has 1 aliphatic rings. The minimum Gasteiger partial charge on any atom is -0.486 e. The van der Waals surface area contributed by atoms with E-state index in [1.165, 1.54) is 0 Å². The number of aliphatic hydroxyl groups is 1. The molecule has 1 aromatic carbocycles. The molecule has 1 fully saturated rings. The molecule has 0 spiro atoms. The Morgan fingerprint density at radius 2 is 2.05 bits per heavy atom. The number of aryl methyl sites for hydroxylation is 2. The van der Waals surface area contributed by atoms with Gasteiger partial charge in [0.05, 0.1) is 13.1 Å². The number of benzene rings is 1. The van der Waals surface area contributed by atoms with Gasteiger partial charge in [0.25, 0.3) is 5.91 Å². The lowest BCUT2D eigenvalue weighted by Gasteiger charge is -2.40. The molecular formula is C16H23NO3S. The Balaban J connectivity index is 1.83. The van der Waals surface area contributed by atoms with Crippen molar-refractivity contribution in [2.45, 2.75) is 32.5 Å². The Hall–Kier alpha value is -1.20. The van der Waals surface area contributed by atoms with Crippen LogP contribution in [0.3, 0.4) is 0 Å². The van der Waals surface area contributed by atoms with Crippen LogP contribution in [0.15, 0.2) is 18.2 Å². The van der Waals surface area contributed by atoms with Gasteiger partial charge in [-0.3, -0.25) is 4.79 Å². The van der Waals surface area contributed by atoms with Crippen LogP contribution in [-0.4, -0.2) is 53.2 Å². The zero-order chi connectivity index (χ0) is 15.4. The van der Waals surface area contributed by atoms with Crippen molar-refractivity contribution in [1.82, 2.24) is 4.90 Å². The quantitative estimate of drug-likeness (QED) is 0.873. The van der Waals surface area contributed by atoms with E-state index in [2.05, 4.69) is 0 Å². The highest BCUT2D eigenvalue weighted by Crippen LogP contribution is 2.26. The number of carbonyl (C=O) groups is 1. The van der Waals surface area contributed by atoms with Crippen LogP contribution >= 0.6 is 11.8 Å². The number of likely N-dealkylation sites (tertiary alicyclic amines) is 1. The number of rotatable bonds is 6. The average molecular weight is 309 g/mol. The molecule has 4 nitrogen and oxygen atoms in total. The summed E-state index contributed by atoms with van der Waals surface area (Å²) in [6.07, 6.45) is 1.63. The molecule has 1 atom stereocenters. The van der Waals surface area contributed by atoms with Crippen LogP contribution < -0.4 is 4.74 Å². The molecular weight excluding hydrogens is 286 g/mol. The molecule has 0 radical (unpaired) electrons. The van der Waals surface area contributed by atoms with E-state index >= 15 is 0 Å². The van der Waals surface area contributed by atoms with Crippen LogP contribution in [-0.2, 0) is 4.79 Å². The fraction of sp³-hybridized carbons (Fsp3) is 0.562. The van der Waals surface area contributed by atoms with E-state index in [0.29, 0.717) is 19.5 Å². The van der Waals surface area contributed by atoms with Gasteiger partial charge in [-0.2, -0.15) is 11.8 Å². The monoisotopic (exact) mass is 309 g/mol. The summed E-state index contributed by atoms with van der Waals surface area (Å²) >= 11 is 1.63. The Bertz CT molecular complexity index is 480. The zero-order valence-electron chi connectivity index (χ0n) is 12.8. The van der Waals surface area contributed by atoms with Crippen LogP contribution in [0.5, 0.6) is 5.75 Å². The molecule has 1 heterocycles. The first-order chi connectivity index (χ1) is 10.0. The Labute approximate surface area is 130 Å². The smallest absolute Gasteiger partial charge is 0.251 e. The highest BCUT2D eigenvalue weighted by atomic mass is 32.2. The van der Waals surface area contributed by atoms with Crippen molar-refractivity contribution in [2.24, 2.45) is 0 Å². The number of ether oxygens (including phenoxy) is 1. The van der Waals surface area contributed by atoms with Gasteiger partial charge in [0, 0.05) is 0 Å². The first-order valence-electron chi connectivity index (χ1n) is 7.21. The molecule has 0 unspecified atom stereocenters. The van der Waals surface area contributed by atoms with Crippen molar-refractivity contribution in [3.05, 3.63) is 29.3 Å². The molecule has 0 bridgehead atoms. The second kappa shape index (κ2) is 7.18. The van der Waals surface area contributed by atoms with E-state index in [4.69, 9.17) is 4.74 Å². The normalized spacial score (nSPS) is 16.5. The third-order valence-electron chi connectivity index (χ3n) is 3.73. The predicted molar refractivity (Wildman–Crippen MR) is 85.9 cm³/mol. The predicted octanol–water partition coefficient (Wildman–Crippen LogP) is 2.01. The molecule has 0 saturated carbocycles. The summed E-state index contributed by atoms with van der Waals surface area (Å²) in [5.41, 5.74) is 2.22. The topological polar surface area (TPSA) is 49.8 Å². The van der Waals surface area contributed by atoms with Gasteiger partial charge >= 0.3 is 0 Å². The van der Waals surface area contributed by atoms with Gasteiger partial charge in [0.2, 0.25) is 0 Å². The van der Waals surface area contributed by atoms with Crippen LogP contribution in [0.2, 0.25) is 0 Å². The van der Waals surface area contributed by atoms with Crippen LogP contribution in [0, 0.1) is 13.8 Å². The summed E-state index contributed by atoms with van der Waals surface area (Å²) in [4.78, 5) is 13.6. The SMILES string of the molecule is CSCC[C@@H](O)C(=O)N1CC(Oc2c(C)cccc2C)C1. The second-order valence-electron chi connectivity index (χ2n) is 5.50. The standard InChI is InChI=1S/C16H23NO3S/c1-11-5-4-6-12(2)15(11)20-13-9-17(10-13)16(19)14(18)7-8-21-3/h4-6,13-14,18H,7-10H2,1-3H3/t14-/m1/s1. The van der Waals surface area contributed by atoms with Crippen molar-refractivity contribution < 1.29 is 14.6 Å². The van der Waals surface area contributed by atoms with Gasteiger partial charge in [0.1, 0.15) is 18.0 Å².